The van der Waals surface area contributed by atoms with E-state index in [2.05, 4.69) is 26.6 Å². The minimum Gasteiger partial charge on any atom is -0.490 e. The van der Waals surface area contributed by atoms with Crippen LogP contribution in [0.3, 0.4) is 0 Å². The number of imide groups is 1. The van der Waals surface area contributed by atoms with E-state index in [1.165, 1.54) is 0 Å². The summed E-state index contributed by atoms with van der Waals surface area (Å²) < 4.78 is 6.94. The summed E-state index contributed by atoms with van der Waals surface area (Å²) >= 11 is 3.42. The van der Waals surface area contributed by atoms with Gasteiger partial charge >= 0.3 is 6.03 Å². The Kier molecular flexibility index (Phi) is 3.57. The van der Waals surface area contributed by atoms with Crippen LogP contribution in [-0.4, -0.2) is 18.0 Å². The third kappa shape index (κ3) is 2.47. The van der Waals surface area contributed by atoms with E-state index in [0.717, 1.165) is 10.0 Å². The van der Waals surface area contributed by atoms with Gasteiger partial charge in [-0.1, -0.05) is 46.3 Å². The van der Waals surface area contributed by atoms with Crippen molar-refractivity contribution in [3.63, 3.8) is 0 Å². The summed E-state index contributed by atoms with van der Waals surface area (Å²) in [7, 11) is 0. The molecule has 0 aromatic heterocycles. The number of rotatable bonds is 2. The third-order valence-corrected chi connectivity index (χ3v) is 4.97. The van der Waals surface area contributed by atoms with Crippen molar-refractivity contribution in [2.45, 2.75) is 24.5 Å². The van der Waals surface area contributed by atoms with Gasteiger partial charge in [0.25, 0.3) is 5.91 Å². The van der Waals surface area contributed by atoms with E-state index in [0.29, 0.717) is 24.2 Å². The minimum absolute atomic E-state index is 0.203. The van der Waals surface area contributed by atoms with Gasteiger partial charge < -0.3 is 10.1 Å². The molecule has 0 bridgehead atoms. The van der Waals surface area contributed by atoms with E-state index in [-0.39, 0.29) is 12.0 Å². The number of halogens is 1. The lowest BCUT2D eigenvalue weighted by Gasteiger charge is -2.37. The van der Waals surface area contributed by atoms with Crippen LogP contribution in [0.25, 0.3) is 0 Å². The van der Waals surface area contributed by atoms with Gasteiger partial charge in [-0.15, -0.1) is 0 Å². The number of benzene rings is 2. The van der Waals surface area contributed by atoms with E-state index in [1.54, 1.807) is 0 Å². The van der Waals surface area contributed by atoms with Crippen molar-refractivity contribution in [2.24, 2.45) is 0 Å². The maximum atomic E-state index is 12.6. The monoisotopic (exact) mass is 386 g/mol. The van der Waals surface area contributed by atoms with Crippen molar-refractivity contribution in [3.8, 4) is 5.75 Å². The first kappa shape index (κ1) is 15.2. The molecule has 0 aliphatic carbocycles. The largest absolute Gasteiger partial charge is 0.490 e. The first-order valence-electron chi connectivity index (χ1n) is 7.71. The lowest BCUT2D eigenvalue weighted by Crippen LogP contribution is -2.50. The molecule has 2 heterocycles. The zero-order valence-electron chi connectivity index (χ0n) is 12.7. The first-order valence-corrected chi connectivity index (χ1v) is 8.50. The number of amides is 3. The van der Waals surface area contributed by atoms with E-state index < -0.39 is 11.6 Å². The van der Waals surface area contributed by atoms with Gasteiger partial charge in [-0.2, -0.15) is 0 Å². The van der Waals surface area contributed by atoms with Crippen molar-refractivity contribution in [3.05, 3.63) is 64.1 Å². The number of urea groups is 1. The SMILES string of the molecule is O=C1NC(=O)C2(CC(Cc3ccccc3)Oc3ccc(Br)cc32)N1. The van der Waals surface area contributed by atoms with Crippen LogP contribution in [0.15, 0.2) is 53.0 Å². The highest BCUT2D eigenvalue weighted by molar-refractivity contribution is 9.10. The number of nitrogens with one attached hydrogen (secondary N) is 2. The Morgan fingerprint density at radius 1 is 1.17 bits per heavy atom. The molecule has 1 saturated heterocycles. The van der Waals surface area contributed by atoms with Gasteiger partial charge in [0.2, 0.25) is 0 Å². The highest BCUT2D eigenvalue weighted by Crippen LogP contribution is 2.43. The van der Waals surface area contributed by atoms with Crippen LogP contribution in [0.5, 0.6) is 5.75 Å². The number of hydrogen-bond acceptors (Lipinski definition) is 3. The van der Waals surface area contributed by atoms with Gasteiger partial charge in [0.05, 0.1) is 0 Å². The quantitative estimate of drug-likeness (QED) is 0.779. The first-order chi connectivity index (χ1) is 11.6. The Morgan fingerprint density at radius 3 is 2.67 bits per heavy atom. The van der Waals surface area contributed by atoms with Crippen molar-refractivity contribution >= 4 is 27.9 Å². The Hall–Kier alpha value is -2.34. The van der Waals surface area contributed by atoms with Gasteiger partial charge in [0.1, 0.15) is 11.9 Å². The summed E-state index contributed by atoms with van der Waals surface area (Å²) in [5, 5.41) is 5.18. The van der Waals surface area contributed by atoms with Gasteiger partial charge in [0, 0.05) is 22.9 Å². The molecule has 0 radical (unpaired) electrons. The van der Waals surface area contributed by atoms with Crippen LogP contribution in [-0.2, 0) is 16.8 Å². The molecule has 2 aliphatic rings. The average Bonchev–Trinajstić information content (AvgIpc) is 2.83. The molecule has 5 nitrogen and oxygen atoms in total. The van der Waals surface area contributed by atoms with E-state index in [4.69, 9.17) is 4.74 Å². The number of fused-ring (bicyclic) bond motifs is 2. The van der Waals surface area contributed by atoms with Gasteiger partial charge in [-0.25, -0.2) is 4.79 Å². The van der Waals surface area contributed by atoms with Crippen LogP contribution in [0.4, 0.5) is 4.79 Å². The van der Waals surface area contributed by atoms with Crippen LogP contribution in [0.1, 0.15) is 17.5 Å². The molecule has 2 N–H and O–H groups in total. The molecule has 2 atom stereocenters. The zero-order valence-corrected chi connectivity index (χ0v) is 14.3. The highest BCUT2D eigenvalue weighted by Gasteiger charge is 2.53. The molecule has 1 spiro atoms. The molecule has 6 heteroatoms. The Labute approximate surface area is 147 Å². The summed E-state index contributed by atoms with van der Waals surface area (Å²) in [4.78, 5) is 24.4. The Balaban J connectivity index is 1.74. The summed E-state index contributed by atoms with van der Waals surface area (Å²) in [6.45, 7) is 0. The summed E-state index contributed by atoms with van der Waals surface area (Å²) in [6.07, 6.45) is 0.856. The molecule has 0 saturated carbocycles. The van der Waals surface area contributed by atoms with Crippen molar-refractivity contribution in [2.75, 3.05) is 0 Å². The van der Waals surface area contributed by atoms with E-state index >= 15 is 0 Å². The van der Waals surface area contributed by atoms with Gasteiger partial charge in [-0.3, -0.25) is 10.1 Å². The number of carbonyl (C=O) groups excluding carboxylic acids is 2. The molecular weight excluding hydrogens is 372 g/mol. The highest BCUT2D eigenvalue weighted by atomic mass is 79.9. The topological polar surface area (TPSA) is 67.4 Å². The van der Waals surface area contributed by atoms with Crippen LogP contribution in [0, 0.1) is 0 Å². The van der Waals surface area contributed by atoms with Crippen molar-refractivity contribution < 1.29 is 14.3 Å². The molecule has 122 valence electrons. The molecular formula is C18H15BrN2O3. The van der Waals surface area contributed by atoms with Crippen molar-refractivity contribution in [1.82, 2.24) is 10.6 Å². The lowest BCUT2D eigenvalue weighted by molar-refractivity contribution is -0.126. The second-order valence-corrected chi connectivity index (χ2v) is 7.00. The van der Waals surface area contributed by atoms with E-state index in [9.17, 15) is 9.59 Å². The van der Waals surface area contributed by atoms with E-state index in [1.807, 2.05) is 48.5 Å². The average molecular weight is 387 g/mol. The Morgan fingerprint density at radius 2 is 1.96 bits per heavy atom. The second kappa shape index (κ2) is 5.63. The van der Waals surface area contributed by atoms with Gasteiger partial charge in [0.15, 0.2) is 5.54 Å². The number of hydrogen-bond donors (Lipinski definition) is 2. The smallest absolute Gasteiger partial charge is 0.322 e. The van der Waals surface area contributed by atoms with Crippen LogP contribution >= 0.6 is 15.9 Å². The molecule has 3 amide bonds. The molecule has 2 unspecified atom stereocenters. The maximum absolute atomic E-state index is 12.6. The number of carbonyl (C=O) groups is 2. The molecule has 2 aliphatic heterocycles. The fourth-order valence-electron chi connectivity index (χ4n) is 3.43. The normalized spacial score (nSPS) is 25.0. The molecule has 4 rings (SSSR count). The van der Waals surface area contributed by atoms with Crippen molar-refractivity contribution in [1.29, 1.82) is 0 Å². The summed E-state index contributed by atoms with van der Waals surface area (Å²) in [5.74, 6) is 0.302. The molecule has 1 fully saturated rings. The second-order valence-electron chi connectivity index (χ2n) is 6.09. The molecule has 2 aromatic carbocycles. The fraction of sp³-hybridized carbons (Fsp3) is 0.222. The number of ether oxygens (including phenoxy) is 1. The minimum atomic E-state index is -1.08. The maximum Gasteiger partial charge on any atom is 0.322 e. The molecule has 2 aromatic rings. The lowest BCUT2D eigenvalue weighted by atomic mass is 9.80. The molecule has 24 heavy (non-hydrogen) atoms. The predicted octanol–water partition coefficient (Wildman–Crippen LogP) is 2.88. The van der Waals surface area contributed by atoms with Crippen LogP contribution < -0.4 is 15.4 Å². The summed E-state index contributed by atoms with van der Waals surface area (Å²) in [5.41, 5.74) is 0.737. The predicted molar refractivity (Wildman–Crippen MR) is 91.7 cm³/mol. The van der Waals surface area contributed by atoms with Crippen LogP contribution in [0.2, 0.25) is 0 Å². The standard InChI is InChI=1S/C18H15BrN2O3/c19-12-6-7-15-14(9-12)18(16(22)20-17(23)21-18)10-13(24-15)8-11-4-2-1-3-5-11/h1-7,9,13H,8,10H2,(H2,20,21,22,23). The van der Waals surface area contributed by atoms with Gasteiger partial charge in [-0.05, 0) is 23.8 Å². The third-order valence-electron chi connectivity index (χ3n) is 4.48. The fourth-order valence-corrected chi connectivity index (χ4v) is 3.79. The Bertz CT molecular complexity index is 824. The summed E-state index contributed by atoms with van der Waals surface area (Å²) in [6, 6.07) is 15.0. The zero-order chi connectivity index (χ0) is 16.7.